The summed E-state index contributed by atoms with van der Waals surface area (Å²) in [5.41, 5.74) is 0.822. The predicted molar refractivity (Wildman–Crippen MR) is 84.0 cm³/mol. The normalized spacial score (nSPS) is 42.8. The van der Waals surface area contributed by atoms with E-state index in [2.05, 4.69) is 35.8 Å². The lowest BCUT2D eigenvalue weighted by molar-refractivity contribution is -0.266. The van der Waals surface area contributed by atoms with E-state index in [-0.39, 0.29) is 17.2 Å². The standard InChI is InChI=1S/C18H24N2O2/c1-3-18-12-19-10-17(2,15(18)21)11-20(13-18)16(19)22-9-14-7-5-4-6-8-14/h4-8,16H,3,9-13H2,1-2H3. The molecule has 4 aliphatic rings. The van der Waals surface area contributed by atoms with Crippen molar-refractivity contribution in [1.82, 2.24) is 9.80 Å². The first-order chi connectivity index (χ1) is 10.6. The summed E-state index contributed by atoms with van der Waals surface area (Å²) in [7, 11) is 0. The third kappa shape index (κ3) is 1.98. The van der Waals surface area contributed by atoms with Crippen LogP contribution in [-0.4, -0.2) is 48.1 Å². The van der Waals surface area contributed by atoms with Crippen LogP contribution < -0.4 is 0 Å². The lowest BCUT2D eigenvalue weighted by Crippen LogP contribution is -2.79. The van der Waals surface area contributed by atoms with E-state index in [0.717, 1.165) is 32.6 Å². The molecule has 4 nitrogen and oxygen atoms in total. The molecule has 0 aliphatic carbocycles. The smallest absolute Gasteiger partial charge is 0.169 e. The van der Waals surface area contributed by atoms with E-state index in [1.165, 1.54) is 5.56 Å². The molecule has 0 radical (unpaired) electrons. The first kappa shape index (κ1) is 14.4. The summed E-state index contributed by atoms with van der Waals surface area (Å²) in [6.07, 6.45) is 0.959. The van der Waals surface area contributed by atoms with Gasteiger partial charge in [0.25, 0.3) is 0 Å². The van der Waals surface area contributed by atoms with Crippen molar-refractivity contribution in [1.29, 1.82) is 0 Å². The molecule has 0 amide bonds. The van der Waals surface area contributed by atoms with Crippen LogP contribution in [0, 0.1) is 10.8 Å². The van der Waals surface area contributed by atoms with Crippen LogP contribution in [0.15, 0.2) is 30.3 Å². The van der Waals surface area contributed by atoms with Crippen molar-refractivity contribution >= 4 is 5.78 Å². The zero-order chi connectivity index (χ0) is 15.4. The third-order valence-corrected chi connectivity index (χ3v) is 5.69. The van der Waals surface area contributed by atoms with Crippen LogP contribution in [0.2, 0.25) is 0 Å². The first-order valence-electron chi connectivity index (χ1n) is 8.25. The highest BCUT2D eigenvalue weighted by Crippen LogP contribution is 2.49. The fraction of sp³-hybridized carbons (Fsp3) is 0.611. The van der Waals surface area contributed by atoms with Gasteiger partial charge in [0.15, 0.2) is 6.35 Å². The Morgan fingerprint density at radius 1 is 1.14 bits per heavy atom. The maximum absolute atomic E-state index is 12.8. The molecule has 4 heterocycles. The highest BCUT2D eigenvalue weighted by atomic mass is 16.5. The zero-order valence-electron chi connectivity index (χ0n) is 13.4. The second-order valence-corrected chi connectivity index (χ2v) is 7.46. The Labute approximate surface area is 132 Å². The van der Waals surface area contributed by atoms with Gasteiger partial charge in [-0.25, -0.2) is 0 Å². The lowest BCUT2D eigenvalue weighted by Gasteiger charge is -2.64. The van der Waals surface area contributed by atoms with Gasteiger partial charge in [-0.1, -0.05) is 44.2 Å². The maximum Gasteiger partial charge on any atom is 0.169 e. The van der Waals surface area contributed by atoms with E-state index < -0.39 is 0 Å². The number of rotatable bonds is 4. The van der Waals surface area contributed by atoms with Gasteiger partial charge in [-0.15, -0.1) is 0 Å². The quantitative estimate of drug-likeness (QED) is 0.852. The Balaban J connectivity index is 1.53. The monoisotopic (exact) mass is 300 g/mol. The van der Waals surface area contributed by atoms with E-state index in [0.29, 0.717) is 12.4 Å². The Hall–Kier alpha value is -1.23. The van der Waals surface area contributed by atoms with Crippen LogP contribution in [0.1, 0.15) is 25.8 Å². The van der Waals surface area contributed by atoms with Gasteiger partial charge < -0.3 is 4.74 Å². The molecule has 4 fully saturated rings. The SMILES string of the molecule is CCC12CN3CC(C)(CN(C1)C3OCc1ccccc1)C2=O. The summed E-state index contributed by atoms with van der Waals surface area (Å²) in [5, 5.41) is 0. The minimum absolute atomic E-state index is 0.0288. The number of hydrogen-bond donors (Lipinski definition) is 0. The average Bonchev–Trinajstić information content (AvgIpc) is 2.51. The number of carbonyl (C=O) groups excluding carboxylic acids is 1. The van der Waals surface area contributed by atoms with Crippen molar-refractivity contribution in [2.45, 2.75) is 33.2 Å². The van der Waals surface area contributed by atoms with Gasteiger partial charge in [-0.05, 0) is 12.0 Å². The van der Waals surface area contributed by atoms with Gasteiger partial charge in [0.05, 0.1) is 17.4 Å². The van der Waals surface area contributed by atoms with Crippen LogP contribution >= 0.6 is 0 Å². The minimum Gasteiger partial charge on any atom is -0.345 e. The van der Waals surface area contributed by atoms with Crippen LogP contribution in [0.4, 0.5) is 0 Å². The lowest BCUT2D eigenvalue weighted by atomic mass is 9.61. The number of nitrogens with zero attached hydrogens (tertiary/aromatic N) is 2. The van der Waals surface area contributed by atoms with E-state index in [4.69, 9.17) is 4.74 Å². The molecule has 4 aliphatic heterocycles. The van der Waals surface area contributed by atoms with Crippen molar-refractivity contribution < 1.29 is 9.53 Å². The maximum atomic E-state index is 12.8. The molecule has 1 aromatic rings. The zero-order valence-corrected chi connectivity index (χ0v) is 13.4. The predicted octanol–water partition coefficient (Wildman–Crippen LogP) is 2.10. The molecule has 2 unspecified atom stereocenters. The highest BCUT2D eigenvalue weighted by Gasteiger charge is 2.63. The van der Waals surface area contributed by atoms with E-state index in [9.17, 15) is 4.79 Å². The van der Waals surface area contributed by atoms with E-state index >= 15 is 0 Å². The second kappa shape index (κ2) is 4.88. The van der Waals surface area contributed by atoms with Crippen molar-refractivity contribution in [3.05, 3.63) is 35.9 Å². The van der Waals surface area contributed by atoms with Gasteiger partial charge in [-0.2, -0.15) is 0 Å². The average molecular weight is 300 g/mol. The van der Waals surface area contributed by atoms with Crippen molar-refractivity contribution in [2.24, 2.45) is 10.8 Å². The van der Waals surface area contributed by atoms with Crippen LogP contribution in [-0.2, 0) is 16.1 Å². The Bertz CT molecular complexity index is 570. The molecule has 4 saturated heterocycles. The summed E-state index contributed by atoms with van der Waals surface area (Å²) in [6, 6.07) is 10.3. The summed E-state index contributed by atoms with van der Waals surface area (Å²) in [5.74, 6) is 0.483. The van der Waals surface area contributed by atoms with E-state index in [1.54, 1.807) is 0 Å². The summed E-state index contributed by atoms with van der Waals surface area (Å²) in [4.78, 5) is 17.6. The molecule has 0 saturated carbocycles. The number of ketones is 1. The number of hydrogen-bond acceptors (Lipinski definition) is 4. The van der Waals surface area contributed by atoms with Gasteiger partial charge >= 0.3 is 0 Å². The van der Waals surface area contributed by atoms with E-state index in [1.807, 2.05) is 18.2 Å². The topological polar surface area (TPSA) is 32.8 Å². The molecule has 2 atom stereocenters. The van der Waals surface area contributed by atoms with Gasteiger partial charge in [-0.3, -0.25) is 14.6 Å². The number of piperidine rings is 2. The van der Waals surface area contributed by atoms with Crippen LogP contribution in [0.25, 0.3) is 0 Å². The molecular weight excluding hydrogens is 276 g/mol. The van der Waals surface area contributed by atoms with Crippen molar-refractivity contribution in [2.75, 3.05) is 26.2 Å². The van der Waals surface area contributed by atoms with Gasteiger partial charge in [0.1, 0.15) is 5.78 Å². The molecule has 4 heteroatoms. The Morgan fingerprint density at radius 3 is 2.36 bits per heavy atom. The van der Waals surface area contributed by atoms with Crippen molar-refractivity contribution in [3.63, 3.8) is 0 Å². The summed E-state index contributed by atoms with van der Waals surface area (Å²) < 4.78 is 6.22. The number of Topliss-reactive ketones (excluding diaryl/α,β-unsaturated/α-hetero) is 1. The number of carbonyl (C=O) groups is 1. The first-order valence-corrected chi connectivity index (χ1v) is 8.25. The molecular formula is C18H24N2O2. The fourth-order valence-corrected chi connectivity index (χ4v) is 4.70. The molecule has 5 rings (SSSR count). The minimum atomic E-state index is -0.209. The number of benzene rings is 1. The molecule has 22 heavy (non-hydrogen) atoms. The highest BCUT2D eigenvalue weighted by molar-refractivity contribution is 5.93. The molecule has 4 bridgehead atoms. The van der Waals surface area contributed by atoms with Gasteiger partial charge in [0, 0.05) is 26.2 Å². The molecule has 0 aromatic heterocycles. The number of ether oxygens (including phenoxy) is 1. The molecule has 0 N–H and O–H groups in total. The van der Waals surface area contributed by atoms with Crippen LogP contribution in [0.3, 0.4) is 0 Å². The van der Waals surface area contributed by atoms with Crippen molar-refractivity contribution in [3.8, 4) is 0 Å². The fourth-order valence-electron chi connectivity index (χ4n) is 4.70. The van der Waals surface area contributed by atoms with Crippen LogP contribution in [0.5, 0.6) is 0 Å². The molecule has 1 aromatic carbocycles. The molecule has 118 valence electrons. The summed E-state index contributed by atoms with van der Waals surface area (Å²) in [6.45, 7) is 8.29. The van der Waals surface area contributed by atoms with Gasteiger partial charge in [0.2, 0.25) is 0 Å². The molecule has 0 spiro atoms. The summed E-state index contributed by atoms with van der Waals surface area (Å²) >= 11 is 0. The second-order valence-electron chi connectivity index (χ2n) is 7.46. The Morgan fingerprint density at radius 2 is 1.77 bits per heavy atom. The Kier molecular flexibility index (Phi) is 3.19. The third-order valence-electron chi connectivity index (χ3n) is 5.69. The largest absolute Gasteiger partial charge is 0.345 e.